The SMILES string of the molecule is C=S(c1nc2ccccc2[nH]1)C1CCCCc2c(OC)ccnc21.CC.CC. The van der Waals surface area contributed by atoms with E-state index in [1.807, 2.05) is 58.2 Å². The first kappa shape index (κ1) is 22.2. The van der Waals surface area contributed by atoms with Crippen LogP contribution in [0.4, 0.5) is 0 Å². The molecule has 0 spiro atoms. The van der Waals surface area contributed by atoms with Gasteiger partial charge in [0.05, 0.1) is 23.8 Å². The molecule has 0 saturated carbocycles. The highest BCUT2D eigenvalue weighted by atomic mass is 32.2. The summed E-state index contributed by atoms with van der Waals surface area (Å²) in [5, 5.41) is 1.26. The van der Waals surface area contributed by atoms with Gasteiger partial charge in [0.1, 0.15) is 5.75 Å². The first-order chi connectivity index (χ1) is 13.8. The number of methoxy groups -OCH3 is 1. The Labute approximate surface area is 171 Å². The summed E-state index contributed by atoms with van der Waals surface area (Å²) in [4.78, 5) is 12.9. The van der Waals surface area contributed by atoms with Crippen LogP contribution in [0.25, 0.3) is 11.0 Å². The van der Waals surface area contributed by atoms with Crippen molar-refractivity contribution in [2.24, 2.45) is 0 Å². The molecule has 1 aliphatic carbocycles. The quantitative estimate of drug-likeness (QED) is 0.401. The second-order valence-corrected chi connectivity index (χ2v) is 7.91. The van der Waals surface area contributed by atoms with Crippen molar-refractivity contribution in [3.63, 3.8) is 0 Å². The molecular formula is C23H33N3OS. The highest BCUT2D eigenvalue weighted by Crippen LogP contribution is 2.46. The van der Waals surface area contributed by atoms with Gasteiger partial charge < -0.3 is 9.72 Å². The maximum absolute atomic E-state index is 5.57. The Hall–Kier alpha value is -2.14. The number of aromatic amines is 1. The van der Waals surface area contributed by atoms with Crippen LogP contribution in [0.5, 0.6) is 5.75 Å². The Balaban J connectivity index is 0.000000660. The molecule has 2 unspecified atom stereocenters. The van der Waals surface area contributed by atoms with E-state index in [2.05, 4.69) is 16.9 Å². The number of imidazole rings is 1. The average Bonchev–Trinajstić information content (AvgIpc) is 3.09. The minimum absolute atomic E-state index is 0.270. The van der Waals surface area contributed by atoms with Crippen LogP contribution in [0.15, 0.2) is 41.7 Å². The Morgan fingerprint density at radius 3 is 2.57 bits per heavy atom. The third-order valence-electron chi connectivity index (χ3n) is 4.67. The third-order valence-corrected chi connectivity index (χ3v) is 6.51. The number of para-hydroxylation sites is 2. The summed E-state index contributed by atoms with van der Waals surface area (Å²) in [6.45, 7) is 8.00. The number of rotatable bonds is 3. The maximum Gasteiger partial charge on any atom is 0.160 e. The topological polar surface area (TPSA) is 50.8 Å². The van der Waals surface area contributed by atoms with Crippen molar-refractivity contribution in [2.45, 2.75) is 63.8 Å². The van der Waals surface area contributed by atoms with E-state index in [0.29, 0.717) is 0 Å². The van der Waals surface area contributed by atoms with E-state index in [0.717, 1.165) is 40.5 Å². The molecule has 5 heteroatoms. The largest absolute Gasteiger partial charge is 0.496 e. The van der Waals surface area contributed by atoms with Crippen molar-refractivity contribution in [2.75, 3.05) is 7.11 Å². The fraction of sp³-hybridized carbons (Fsp3) is 0.435. The molecule has 0 fully saturated rings. The van der Waals surface area contributed by atoms with Gasteiger partial charge in [-0.1, -0.05) is 52.1 Å². The molecule has 0 bridgehead atoms. The molecule has 28 heavy (non-hydrogen) atoms. The summed E-state index contributed by atoms with van der Waals surface area (Å²) in [6.07, 6.45) is 6.33. The summed E-state index contributed by atoms with van der Waals surface area (Å²) in [5.74, 6) is 5.43. The van der Waals surface area contributed by atoms with E-state index >= 15 is 0 Å². The second kappa shape index (κ2) is 11.0. The van der Waals surface area contributed by atoms with Gasteiger partial charge in [-0.05, 0) is 37.5 Å². The van der Waals surface area contributed by atoms with E-state index in [1.165, 1.54) is 18.4 Å². The Bertz CT molecular complexity index is 871. The molecule has 0 aliphatic heterocycles. The summed E-state index contributed by atoms with van der Waals surface area (Å²) in [5.41, 5.74) is 4.47. The van der Waals surface area contributed by atoms with Gasteiger partial charge in [0.15, 0.2) is 5.16 Å². The van der Waals surface area contributed by atoms with Crippen molar-refractivity contribution in [3.8, 4) is 5.75 Å². The van der Waals surface area contributed by atoms with Gasteiger partial charge in [0, 0.05) is 17.0 Å². The summed E-state index contributed by atoms with van der Waals surface area (Å²) < 4.78 is 5.57. The van der Waals surface area contributed by atoms with E-state index in [1.54, 1.807) is 7.11 Å². The first-order valence-electron chi connectivity index (χ1n) is 10.3. The van der Waals surface area contributed by atoms with Crippen molar-refractivity contribution in [1.29, 1.82) is 0 Å². The standard InChI is InChI=1S/C19H21N3OS.2C2H6/c1-23-16-11-12-20-18-13(16)7-3-6-10-17(18)24(2)19-21-14-8-4-5-9-15(14)22-19;2*1-2/h4-5,8-9,11-12,17H,2-3,6-7,10H2,1H3,(H,21,22);2*1-2H3. The van der Waals surface area contributed by atoms with E-state index < -0.39 is 0 Å². The second-order valence-electron chi connectivity index (χ2n) is 6.10. The fourth-order valence-corrected chi connectivity index (χ4v) is 5.09. The number of ether oxygens (including phenoxy) is 1. The zero-order chi connectivity index (χ0) is 20.5. The molecule has 2 atom stereocenters. The zero-order valence-corrected chi connectivity index (χ0v) is 18.6. The maximum atomic E-state index is 5.57. The highest BCUT2D eigenvalue weighted by molar-refractivity contribution is 8.14. The van der Waals surface area contributed by atoms with Crippen molar-refractivity contribution < 1.29 is 4.74 Å². The van der Waals surface area contributed by atoms with E-state index in [9.17, 15) is 0 Å². The lowest BCUT2D eigenvalue weighted by Gasteiger charge is -2.20. The number of nitrogens with zero attached hydrogens (tertiary/aromatic N) is 2. The molecule has 0 amide bonds. The smallest absolute Gasteiger partial charge is 0.160 e. The van der Waals surface area contributed by atoms with E-state index in [4.69, 9.17) is 14.7 Å². The highest BCUT2D eigenvalue weighted by Gasteiger charge is 2.26. The molecule has 4 nitrogen and oxygen atoms in total. The number of fused-ring (bicyclic) bond motifs is 2. The Kier molecular flexibility index (Phi) is 8.71. The Morgan fingerprint density at radius 1 is 1.11 bits per heavy atom. The predicted octanol–water partition coefficient (Wildman–Crippen LogP) is 6.55. The lowest BCUT2D eigenvalue weighted by molar-refractivity contribution is 0.408. The van der Waals surface area contributed by atoms with Gasteiger partial charge >= 0.3 is 0 Å². The minimum Gasteiger partial charge on any atom is -0.496 e. The van der Waals surface area contributed by atoms with Crippen LogP contribution < -0.4 is 4.74 Å². The van der Waals surface area contributed by atoms with Crippen LogP contribution in [0.1, 0.15) is 63.5 Å². The monoisotopic (exact) mass is 399 g/mol. The molecule has 0 radical (unpaired) electrons. The van der Waals surface area contributed by atoms with Gasteiger partial charge in [-0.15, -0.1) is 10.5 Å². The first-order valence-corrected chi connectivity index (χ1v) is 11.7. The molecule has 1 aromatic carbocycles. The number of nitrogens with one attached hydrogen (secondary N) is 1. The van der Waals surface area contributed by atoms with Gasteiger partial charge in [-0.25, -0.2) is 4.98 Å². The molecule has 152 valence electrons. The van der Waals surface area contributed by atoms with Crippen molar-refractivity contribution in [3.05, 3.63) is 47.8 Å². The van der Waals surface area contributed by atoms with Crippen molar-refractivity contribution >= 4 is 27.4 Å². The van der Waals surface area contributed by atoms with Gasteiger partial charge in [-0.3, -0.25) is 4.98 Å². The van der Waals surface area contributed by atoms with Crippen LogP contribution in [-0.2, 0) is 6.42 Å². The molecule has 2 aromatic heterocycles. The lowest BCUT2D eigenvalue weighted by atomic mass is 10.1. The van der Waals surface area contributed by atoms with Crippen LogP contribution in [0, 0.1) is 0 Å². The molecule has 2 heterocycles. The fourth-order valence-electron chi connectivity index (χ4n) is 3.44. The molecule has 3 aromatic rings. The molecule has 1 N–H and O–H groups in total. The summed E-state index contributed by atoms with van der Waals surface area (Å²) >= 11 is 0. The van der Waals surface area contributed by atoms with Gasteiger partial charge in [-0.2, -0.15) is 0 Å². The number of H-pyrrole nitrogens is 1. The van der Waals surface area contributed by atoms with Gasteiger partial charge in [0.25, 0.3) is 0 Å². The minimum atomic E-state index is -0.270. The average molecular weight is 400 g/mol. The van der Waals surface area contributed by atoms with Crippen LogP contribution >= 0.6 is 10.5 Å². The Morgan fingerprint density at radius 2 is 1.86 bits per heavy atom. The van der Waals surface area contributed by atoms with Gasteiger partial charge in [0.2, 0.25) is 0 Å². The predicted molar refractivity (Wildman–Crippen MR) is 123 cm³/mol. The number of hydrogen-bond donors (Lipinski definition) is 1. The summed E-state index contributed by atoms with van der Waals surface area (Å²) in [6, 6.07) is 10.1. The molecule has 4 rings (SSSR count). The molecule has 0 saturated heterocycles. The molecule has 1 aliphatic rings. The third kappa shape index (κ3) is 4.64. The van der Waals surface area contributed by atoms with Crippen LogP contribution in [0.2, 0.25) is 0 Å². The number of pyridine rings is 1. The summed E-state index contributed by atoms with van der Waals surface area (Å²) in [7, 11) is 1.46. The number of aromatic nitrogens is 3. The number of hydrogen-bond acceptors (Lipinski definition) is 3. The zero-order valence-electron chi connectivity index (χ0n) is 17.8. The van der Waals surface area contributed by atoms with Crippen LogP contribution in [-0.4, -0.2) is 27.9 Å². The normalized spacial score (nSPS) is 16.5. The van der Waals surface area contributed by atoms with Crippen molar-refractivity contribution in [1.82, 2.24) is 15.0 Å². The molecular weight excluding hydrogens is 366 g/mol. The van der Waals surface area contributed by atoms with E-state index in [-0.39, 0.29) is 15.7 Å². The van der Waals surface area contributed by atoms with Crippen LogP contribution in [0.3, 0.4) is 0 Å². The number of benzene rings is 1. The lowest BCUT2D eigenvalue weighted by Crippen LogP contribution is -2.04.